The van der Waals surface area contributed by atoms with Gasteiger partial charge in [0.2, 0.25) is 0 Å². The first-order valence-corrected chi connectivity index (χ1v) is 3.16. The van der Waals surface area contributed by atoms with Crippen molar-refractivity contribution in [2.75, 3.05) is 7.11 Å². The SMILES string of the molecule is C[CH]c1ccc(OC)cn1. The van der Waals surface area contributed by atoms with Crippen molar-refractivity contribution in [2.45, 2.75) is 6.92 Å². The Morgan fingerprint density at radius 1 is 1.50 bits per heavy atom. The molecule has 1 radical (unpaired) electrons. The summed E-state index contributed by atoms with van der Waals surface area (Å²) in [5.41, 5.74) is 0.973. The molecule has 1 aromatic rings. The van der Waals surface area contributed by atoms with Crippen molar-refractivity contribution in [3.63, 3.8) is 0 Å². The highest BCUT2D eigenvalue weighted by Gasteiger charge is 1.90. The van der Waals surface area contributed by atoms with Crippen LogP contribution < -0.4 is 4.74 Å². The number of hydrogen-bond donors (Lipinski definition) is 0. The molecule has 1 aromatic heterocycles. The van der Waals surface area contributed by atoms with E-state index in [9.17, 15) is 0 Å². The van der Waals surface area contributed by atoms with Crippen LogP contribution in [0.5, 0.6) is 5.75 Å². The lowest BCUT2D eigenvalue weighted by Crippen LogP contribution is -1.86. The minimum absolute atomic E-state index is 0.797. The lowest BCUT2D eigenvalue weighted by molar-refractivity contribution is 0.412. The molecule has 0 bridgehead atoms. The third-order valence-electron chi connectivity index (χ3n) is 1.29. The van der Waals surface area contributed by atoms with E-state index in [-0.39, 0.29) is 0 Å². The fourth-order valence-electron chi connectivity index (χ4n) is 0.683. The third-order valence-corrected chi connectivity index (χ3v) is 1.29. The van der Waals surface area contributed by atoms with E-state index in [2.05, 4.69) is 4.98 Å². The normalized spacial score (nSPS) is 9.40. The molecule has 10 heavy (non-hydrogen) atoms. The second-order valence-electron chi connectivity index (χ2n) is 1.91. The summed E-state index contributed by atoms with van der Waals surface area (Å²) >= 11 is 0. The average Bonchev–Trinajstić information content (AvgIpc) is 2.05. The molecule has 0 unspecified atom stereocenters. The van der Waals surface area contributed by atoms with Gasteiger partial charge in [-0.3, -0.25) is 4.98 Å². The number of aromatic nitrogens is 1. The van der Waals surface area contributed by atoms with Gasteiger partial charge in [0, 0.05) is 12.1 Å². The molecule has 0 amide bonds. The molecule has 0 N–H and O–H groups in total. The molecular weight excluding hydrogens is 126 g/mol. The summed E-state index contributed by atoms with van der Waals surface area (Å²) in [6.45, 7) is 1.95. The van der Waals surface area contributed by atoms with Gasteiger partial charge in [0.15, 0.2) is 0 Å². The molecule has 0 aromatic carbocycles. The maximum Gasteiger partial charge on any atom is 0.137 e. The zero-order valence-electron chi connectivity index (χ0n) is 6.16. The zero-order valence-corrected chi connectivity index (χ0v) is 6.16. The average molecular weight is 136 g/mol. The Kier molecular flexibility index (Phi) is 2.26. The summed E-state index contributed by atoms with van der Waals surface area (Å²) in [5.74, 6) is 0.797. The van der Waals surface area contributed by atoms with E-state index < -0.39 is 0 Å². The highest BCUT2D eigenvalue weighted by Crippen LogP contribution is 2.08. The monoisotopic (exact) mass is 136 g/mol. The second kappa shape index (κ2) is 3.20. The highest BCUT2D eigenvalue weighted by atomic mass is 16.5. The van der Waals surface area contributed by atoms with Crippen molar-refractivity contribution in [2.24, 2.45) is 0 Å². The van der Waals surface area contributed by atoms with Gasteiger partial charge < -0.3 is 4.74 Å². The Bertz CT molecular complexity index is 170. The number of ether oxygens (including phenoxy) is 1. The van der Waals surface area contributed by atoms with E-state index in [0.717, 1.165) is 11.4 Å². The molecule has 0 aliphatic carbocycles. The van der Waals surface area contributed by atoms with Crippen molar-refractivity contribution >= 4 is 0 Å². The van der Waals surface area contributed by atoms with Gasteiger partial charge in [0.25, 0.3) is 0 Å². The summed E-state index contributed by atoms with van der Waals surface area (Å²) in [5, 5.41) is 0. The van der Waals surface area contributed by atoms with Crippen LogP contribution in [0.25, 0.3) is 0 Å². The van der Waals surface area contributed by atoms with E-state index >= 15 is 0 Å². The summed E-state index contributed by atoms with van der Waals surface area (Å²) in [6.07, 6.45) is 3.65. The van der Waals surface area contributed by atoms with Gasteiger partial charge >= 0.3 is 0 Å². The Morgan fingerprint density at radius 2 is 2.30 bits per heavy atom. The quantitative estimate of drug-likeness (QED) is 0.616. The molecule has 0 spiro atoms. The van der Waals surface area contributed by atoms with Gasteiger partial charge in [0.1, 0.15) is 5.75 Å². The lowest BCUT2D eigenvalue weighted by Gasteiger charge is -1.98. The standard InChI is InChI=1S/C8H10NO/c1-3-7-4-5-8(10-2)6-9-7/h3-6H,1-2H3. The van der Waals surface area contributed by atoms with Crippen LogP contribution in [0.15, 0.2) is 18.3 Å². The molecule has 2 heteroatoms. The van der Waals surface area contributed by atoms with E-state index in [1.54, 1.807) is 13.3 Å². The van der Waals surface area contributed by atoms with Crippen LogP contribution in [0.2, 0.25) is 0 Å². The predicted molar refractivity (Wildman–Crippen MR) is 39.9 cm³/mol. The van der Waals surface area contributed by atoms with E-state index in [1.807, 2.05) is 25.5 Å². The first-order chi connectivity index (χ1) is 4.86. The van der Waals surface area contributed by atoms with Crippen molar-refractivity contribution in [1.82, 2.24) is 4.98 Å². The van der Waals surface area contributed by atoms with Crippen molar-refractivity contribution in [1.29, 1.82) is 0 Å². The lowest BCUT2D eigenvalue weighted by atomic mass is 10.3. The van der Waals surface area contributed by atoms with Gasteiger partial charge in [-0.15, -0.1) is 0 Å². The number of pyridine rings is 1. The second-order valence-corrected chi connectivity index (χ2v) is 1.91. The predicted octanol–water partition coefficient (Wildman–Crippen LogP) is 1.66. The molecule has 1 heterocycles. The van der Waals surface area contributed by atoms with Gasteiger partial charge in [-0.05, 0) is 12.1 Å². The fourth-order valence-corrected chi connectivity index (χ4v) is 0.683. The van der Waals surface area contributed by atoms with E-state index in [1.165, 1.54) is 0 Å². The van der Waals surface area contributed by atoms with Crippen LogP contribution in [0.3, 0.4) is 0 Å². The van der Waals surface area contributed by atoms with Crippen LogP contribution in [0, 0.1) is 6.42 Å². The molecule has 1 rings (SSSR count). The van der Waals surface area contributed by atoms with Gasteiger partial charge in [-0.1, -0.05) is 6.92 Å². The first kappa shape index (κ1) is 7.06. The number of nitrogens with zero attached hydrogens (tertiary/aromatic N) is 1. The Hall–Kier alpha value is -1.05. The third kappa shape index (κ3) is 1.47. The first-order valence-electron chi connectivity index (χ1n) is 3.16. The Balaban J connectivity index is 2.80. The molecule has 2 nitrogen and oxygen atoms in total. The molecule has 53 valence electrons. The smallest absolute Gasteiger partial charge is 0.137 e. The largest absolute Gasteiger partial charge is 0.495 e. The van der Waals surface area contributed by atoms with Crippen LogP contribution in [-0.2, 0) is 0 Å². The molecule has 0 aliphatic rings. The summed E-state index contributed by atoms with van der Waals surface area (Å²) in [6, 6.07) is 3.81. The van der Waals surface area contributed by atoms with E-state index in [4.69, 9.17) is 4.74 Å². The summed E-state index contributed by atoms with van der Waals surface area (Å²) < 4.78 is 4.94. The van der Waals surface area contributed by atoms with Crippen LogP contribution in [0.4, 0.5) is 0 Å². The molecule has 0 fully saturated rings. The molecule has 0 saturated heterocycles. The van der Waals surface area contributed by atoms with Crippen molar-refractivity contribution < 1.29 is 4.74 Å². The van der Waals surface area contributed by atoms with Crippen molar-refractivity contribution in [3.05, 3.63) is 30.4 Å². The number of hydrogen-bond acceptors (Lipinski definition) is 2. The Labute approximate surface area is 60.9 Å². The molecular formula is C8H10NO. The highest BCUT2D eigenvalue weighted by molar-refractivity contribution is 5.22. The van der Waals surface area contributed by atoms with Gasteiger partial charge in [-0.25, -0.2) is 0 Å². The molecule has 0 saturated carbocycles. The number of methoxy groups -OCH3 is 1. The van der Waals surface area contributed by atoms with Crippen molar-refractivity contribution in [3.8, 4) is 5.75 Å². The minimum Gasteiger partial charge on any atom is -0.495 e. The van der Waals surface area contributed by atoms with Crippen LogP contribution in [-0.4, -0.2) is 12.1 Å². The van der Waals surface area contributed by atoms with Crippen LogP contribution >= 0.6 is 0 Å². The zero-order chi connectivity index (χ0) is 7.40. The maximum absolute atomic E-state index is 4.94. The maximum atomic E-state index is 4.94. The van der Waals surface area contributed by atoms with Gasteiger partial charge in [0.05, 0.1) is 13.3 Å². The minimum atomic E-state index is 0.797. The summed E-state index contributed by atoms with van der Waals surface area (Å²) in [4.78, 5) is 4.09. The van der Waals surface area contributed by atoms with Gasteiger partial charge in [-0.2, -0.15) is 0 Å². The molecule has 0 aliphatic heterocycles. The number of rotatable bonds is 2. The summed E-state index contributed by atoms with van der Waals surface area (Å²) in [7, 11) is 1.63. The van der Waals surface area contributed by atoms with E-state index in [0.29, 0.717) is 0 Å². The van der Waals surface area contributed by atoms with Crippen LogP contribution in [0.1, 0.15) is 12.6 Å². The molecule has 0 atom stereocenters. The Morgan fingerprint density at radius 3 is 2.70 bits per heavy atom. The topological polar surface area (TPSA) is 22.1 Å². The fraction of sp³-hybridized carbons (Fsp3) is 0.250.